The van der Waals surface area contributed by atoms with Gasteiger partial charge in [0.1, 0.15) is 5.75 Å². The Morgan fingerprint density at radius 2 is 1.66 bits per heavy atom. The molecule has 9 heteroatoms. The Hall–Kier alpha value is -3.39. The molecule has 3 N–H and O–H groups in total. The minimum atomic E-state index is -1.42. The molecule has 0 aliphatic rings. The van der Waals surface area contributed by atoms with Crippen molar-refractivity contribution in [2.45, 2.75) is 19.1 Å². The number of amides is 1. The number of hydrogen-bond donors (Lipinski definition) is 3. The Morgan fingerprint density at radius 3 is 2.14 bits per heavy atom. The number of aliphatic carboxylic acids is 1. The summed E-state index contributed by atoms with van der Waals surface area (Å²) in [6.45, 7) is 0.819. The van der Waals surface area contributed by atoms with Crippen LogP contribution in [0.1, 0.15) is 22.8 Å². The largest absolute Gasteiger partial charge is 0.484 e. The lowest BCUT2D eigenvalue weighted by Gasteiger charge is -2.17. The molecule has 2 aromatic carbocycles. The molecule has 0 heterocycles. The summed E-state index contributed by atoms with van der Waals surface area (Å²) < 4.78 is 5.28. The van der Waals surface area contributed by atoms with Gasteiger partial charge in [0.2, 0.25) is 0 Å². The van der Waals surface area contributed by atoms with Crippen LogP contribution >= 0.6 is 12.2 Å². The highest BCUT2D eigenvalue weighted by atomic mass is 32.1. The summed E-state index contributed by atoms with van der Waals surface area (Å²) in [4.78, 5) is 39.1. The van der Waals surface area contributed by atoms with Crippen LogP contribution in [0.2, 0.25) is 0 Å². The van der Waals surface area contributed by atoms with Crippen molar-refractivity contribution in [2.75, 3.05) is 6.61 Å². The second kappa shape index (κ2) is 10.2. The summed E-state index contributed by atoms with van der Waals surface area (Å²) in [6, 6.07) is 11.3. The molecule has 150 valence electrons. The molecule has 8 nitrogen and oxygen atoms in total. The second-order valence-corrected chi connectivity index (χ2v) is 6.20. The zero-order valence-electron chi connectivity index (χ0n) is 15.4. The Bertz CT molecular complexity index is 934. The lowest BCUT2D eigenvalue weighted by atomic mass is 10.0. The number of carbonyl (C=O) groups is 3. The topological polar surface area (TPSA) is 125 Å². The second-order valence-electron chi connectivity index (χ2n) is 6.02. The molecule has 0 aromatic heterocycles. The Kier molecular flexibility index (Phi) is 7.73. The fourth-order valence-electron chi connectivity index (χ4n) is 2.36. The highest BCUT2D eigenvalue weighted by Crippen LogP contribution is 2.18. The fraction of sp³-hybridized carbons (Fsp3) is 0.200. The maximum absolute atomic E-state index is 12.5. The van der Waals surface area contributed by atoms with Crippen LogP contribution in [-0.2, 0) is 9.59 Å². The van der Waals surface area contributed by atoms with Gasteiger partial charge in [-0.2, -0.15) is 4.99 Å². The average molecular weight is 414 g/mol. The van der Waals surface area contributed by atoms with Crippen molar-refractivity contribution in [1.29, 1.82) is 0 Å². The minimum absolute atomic E-state index is 0.201. The first-order valence-electron chi connectivity index (χ1n) is 8.47. The Labute approximate surface area is 171 Å². The Morgan fingerprint density at radius 1 is 1.10 bits per heavy atom. The Balaban J connectivity index is 1.95. The number of isothiocyanates is 1. The van der Waals surface area contributed by atoms with Gasteiger partial charge >= 0.3 is 5.97 Å². The maximum Gasteiger partial charge on any atom is 0.328 e. The third-order valence-corrected chi connectivity index (χ3v) is 3.95. The molecule has 0 radical (unpaired) electrons. The average Bonchev–Trinajstić information content (AvgIpc) is 2.70. The number of rotatable bonds is 9. The number of hydrogen-bond acceptors (Lipinski definition) is 7. The smallest absolute Gasteiger partial charge is 0.328 e. The number of carboxylic acids is 1. The van der Waals surface area contributed by atoms with E-state index in [4.69, 9.17) is 9.84 Å². The van der Waals surface area contributed by atoms with Crippen molar-refractivity contribution < 1.29 is 29.3 Å². The molecule has 0 saturated carbocycles. The van der Waals surface area contributed by atoms with Crippen molar-refractivity contribution in [2.24, 2.45) is 4.99 Å². The minimum Gasteiger partial charge on any atom is -0.484 e. The van der Waals surface area contributed by atoms with Crippen molar-refractivity contribution in [1.82, 2.24) is 5.32 Å². The number of nitrogens with zero attached hydrogens (tertiary/aromatic N) is 1. The van der Waals surface area contributed by atoms with Gasteiger partial charge in [0, 0.05) is 11.1 Å². The number of ether oxygens (including phenoxy) is 1. The van der Waals surface area contributed by atoms with E-state index >= 15 is 0 Å². The van der Waals surface area contributed by atoms with Crippen LogP contribution in [0.15, 0.2) is 53.5 Å². The lowest BCUT2D eigenvalue weighted by molar-refractivity contribution is -0.145. The highest BCUT2D eigenvalue weighted by molar-refractivity contribution is 7.78. The van der Waals surface area contributed by atoms with Crippen LogP contribution in [0.4, 0.5) is 5.69 Å². The molecule has 0 bridgehead atoms. The molecule has 0 fully saturated rings. The van der Waals surface area contributed by atoms with Crippen LogP contribution in [0.5, 0.6) is 5.75 Å². The van der Waals surface area contributed by atoms with Crippen LogP contribution in [-0.4, -0.2) is 51.8 Å². The summed E-state index contributed by atoms with van der Waals surface area (Å²) >= 11 is 4.53. The van der Waals surface area contributed by atoms with E-state index in [1.807, 2.05) is 0 Å². The van der Waals surface area contributed by atoms with Gasteiger partial charge in [0.15, 0.2) is 18.4 Å². The summed E-state index contributed by atoms with van der Waals surface area (Å²) in [5.41, 5.74) is 1.49. The molecule has 0 aliphatic carbocycles. The van der Waals surface area contributed by atoms with Crippen molar-refractivity contribution in [3.05, 3.63) is 59.7 Å². The summed E-state index contributed by atoms with van der Waals surface area (Å²) in [5.74, 6) is -1.92. The number of carboxylic acid groups (broad SMARTS) is 1. The zero-order chi connectivity index (χ0) is 21.4. The molecule has 29 heavy (non-hydrogen) atoms. The standard InChI is InChI=1S/C20H18N2O6S/c1-12(23)18(20(26)27)22-17(24)10-28-16-8-4-14(5-9-16)19(25)13-2-6-15(7-3-13)21-11-29/h2-9,12,18,23H,10H2,1H3,(H,22,24)(H,26,27). The number of benzene rings is 2. The van der Waals surface area contributed by atoms with E-state index in [0.29, 0.717) is 22.6 Å². The number of carbonyl (C=O) groups excluding carboxylic acids is 2. The quantitative estimate of drug-likeness (QED) is 0.325. The van der Waals surface area contributed by atoms with Gasteiger partial charge < -0.3 is 20.3 Å². The van der Waals surface area contributed by atoms with Crippen molar-refractivity contribution in [3.8, 4) is 5.75 Å². The van der Waals surface area contributed by atoms with Gasteiger partial charge in [-0.3, -0.25) is 9.59 Å². The van der Waals surface area contributed by atoms with E-state index in [-0.39, 0.29) is 5.78 Å². The van der Waals surface area contributed by atoms with Crippen molar-refractivity contribution >= 4 is 40.7 Å². The normalized spacial score (nSPS) is 12.2. The molecule has 0 saturated heterocycles. The SMILES string of the molecule is CC(O)C(NC(=O)COc1ccc(C(=O)c2ccc(N=C=S)cc2)cc1)C(=O)O. The molecule has 1 amide bonds. The molecule has 2 unspecified atom stereocenters. The first-order valence-corrected chi connectivity index (χ1v) is 8.88. The van der Waals surface area contributed by atoms with Gasteiger partial charge in [-0.25, -0.2) is 4.79 Å². The lowest BCUT2D eigenvalue weighted by Crippen LogP contribution is -2.49. The molecule has 0 aliphatic heterocycles. The molecular formula is C20H18N2O6S. The van der Waals surface area contributed by atoms with Crippen LogP contribution in [0.25, 0.3) is 0 Å². The number of thiocarbonyl (C=S) groups is 1. The van der Waals surface area contributed by atoms with Crippen LogP contribution in [0, 0.1) is 0 Å². The zero-order valence-corrected chi connectivity index (χ0v) is 16.2. The van der Waals surface area contributed by atoms with Crippen molar-refractivity contribution in [3.63, 3.8) is 0 Å². The molecular weight excluding hydrogens is 396 g/mol. The van der Waals surface area contributed by atoms with Gasteiger partial charge in [-0.15, -0.1) is 0 Å². The molecule has 2 aromatic rings. The monoisotopic (exact) mass is 414 g/mol. The number of nitrogens with one attached hydrogen (secondary N) is 1. The third-order valence-electron chi connectivity index (χ3n) is 3.86. The summed E-state index contributed by atoms with van der Waals surface area (Å²) in [5, 5.41) is 22.7. The first kappa shape index (κ1) is 21.9. The number of aliphatic hydroxyl groups is 1. The van der Waals surface area contributed by atoms with Crippen LogP contribution < -0.4 is 10.1 Å². The van der Waals surface area contributed by atoms with Crippen LogP contribution in [0.3, 0.4) is 0 Å². The molecule has 0 spiro atoms. The van der Waals surface area contributed by atoms with E-state index in [2.05, 4.69) is 27.7 Å². The van der Waals surface area contributed by atoms with E-state index in [1.54, 1.807) is 36.4 Å². The summed E-state index contributed by atoms with van der Waals surface area (Å²) in [7, 11) is 0. The van der Waals surface area contributed by atoms with E-state index in [0.717, 1.165) is 0 Å². The van der Waals surface area contributed by atoms with E-state index in [1.165, 1.54) is 19.1 Å². The van der Waals surface area contributed by atoms with E-state index < -0.39 is 30.6 Å². The van der Waals surface area contributed by atoms with Gasteiger partial charge in [0.25, 0.3) is 5.91 Å². The van der Waals surface area contributed by atoms with Gasteiger partial charge in [-0.05, 0) is 67.7 Å². The fourth-order valence-corrected chi connectivity index (χ4v) is 2.47. The predicted octanol–water partition coefficient (Wildman–Crippen LogP) is 1.98. The summed E-state index contributed by atoms with van der Waals surface area (Å²) in [6.07, 6.45) is -1.25. The number of ketones is 1. The number of aliphatic hydroxyl groups excluding tert-OH is 1. The third kappa shape index (κ3) is 6.32. The maximum atomic E-state index is 12.5. The molecule has 2 rings (SSSR count). The number of aliphatic imine (C=N–C) groups is 1. The predicted molar refractivity (Wildman–Crippen MR) is 108 cm³/mol. The first-order chi connectivity index (χ1) is 13.8. The highest BCUT2D eigenvalue weighted by Gasteiger charge is 2.25. The van der Waals surface area contributed by atoms with Gasteiger partial charge in [0.05, 0.1) is 17.0 Å². The molecule has 2 atom stereocenters. The van der Waals surface area contributed by atoms with Gasteiger partial charge in [-0.1, -0.05) is 0 Å². The van der Waals surface area contributed by atoms with E-state index in [9.17, 15) is 19.5 Å².